The number of alkyl halides is 2. The second-order valence-electron chi connectivity index (χ2n) is 3.19. The molecule has 1 rings (SSSR count). The Labute approximate surface area is 91.3 Å². The van der Waals surface area contributed by atoms with Gasteiger partial charge < -0.3 is 10.5 Å². The molecule has 86 valence electrons. The number of hydrogen-bond acceptors (Lipinski definition) is 4. The van der Waals surface area contributed by atoms with Crippen LogP contribution in [0.15, 0.2) is 11.7 Å². The molecular formula is C9H14F2N2OS. The summed E-state index contributed by atoms with van der Waals surface area (Å²) in [5.74, 6) is 0. The summed E-state index contributed by atoms with van der Waals surface area (Å²) in [6.07, 6.45) is 0.681. The van der Waals surface area contributed by atoms with Gasteiger partial charge in [0.15, 0.2) is 0 Å². The molecule has 0 saturated carbocycles. The second-order valence-corrected chi connectivity index (χ2v) is 4.16. The molecular weight excluding hydrogens is 222 g/mol. The highest BCUT2D eigenvalue weighted by Gasteiger charge is 2.07. The van der Waals surface area contributed by atoms with E-state index < -0.39 is 13.0 Å². The molecule has 0 saturated heterocycles. The van der Waals surface area contributed by atoms with E-state index in [0.717, 1.165) is 11.3 Å². The number of ether oxygens (including phenoxy) is 1. The van der Waals surface area contributed by atoms with Crippen LogP contribution in [-0.4, -0.2) is 30.7 Å². The summed E-state index contributed by atoms with van der Waals surface area (Å²) in [5, 5.41) is 0. The topological polar surface area (TPSA) is 48.1 Å². The summed E-state index contributed by atoms with van der Waals surface area (Å²) in [7, 11) is 0. The highest BCUT2D eigenvalue weighted by atomic mass is 32.1. The van der Waals surface area contributed by atoms with E-state index in [2.05, 4.69) is 4.98 Å². The quantitative estimate of drug-likeness (QED) is 0.733. The zero-order valence-electron chi connectivity index (χ0n) is 8.23. The van der Waals surface area contributed by atoms with Gasteiger partial charge in [-0.2, -0.15) is 0 Å². The van der Waals surface area contributed by atoms with E-state index in [1.807, 2.05) is 0 Å². The molecule has 1 atom stereocenters. The number of halogens is 2. The maximum Gasteiger partial charge on any atom is 0.261 e. The van der Waals surface area contributed by atoms with Crippen molar-refractivity contribution in [1.29, 1.82) is 0 Å². The van der Waals surface area contributed by atoms with Gasteiger partial charge in [-0.05, 0) is 12.8 Å². The summed E-state index contributed by atoms with van der Waals surface area (Å²) in [4.78, 5) is 5.04. The lowest BCUT2D eigenvalue weighted by Gasteiger charge is -2.10. The number of rotatable bonds is 7. The predicted octanol–water partition coefficient (Wildman–Crippen LogP) is 1.68. The predicted molar refractivity (Wildman–Crippen MR) is 55.2 cm³/mol. The molecule has 1 unspecified atom stereocenters. The number of nitrogens with zero attached hydrogens (tertiary/aromatic N) is 1. The average Bonchev–Trinajstić information content (AvgIpc) is 2.64. The third-order valence-corrected chi connectivity index (χ3v) is 2.63. The van der Waals surface area contributed by atoms with Crippen molar-refractivity contribution < 1.29 is 13.5 Å². The fraction of sp³-hybridized carbons (Fsp3) is 0.667. The minimum atomic E-state index is -2.40. The highest BCUT2D eigenvalue weighted by molar-refractivity contribution is 7.09. The van der Waals surface area contributed by atoms with Gasteiger partial charge in [-0.1, -0.05) is 0 Å². The molecule has 0 amide bonds. The average molecular weight is 236 g/mol. The Morgan fingerprint density at radius 3 is 2.93 bits per heavy atom. The van der Waals surface area contributed by atoms with Crippen LogP contribution in [0.4, 0.5) is 8.78 Å². The van der Waals surface area contributed by atoms with Gasteiger partial charge >= 0.3 is 0 Å². The first-order chi connectivity index (χ1) is 7.18. The summed E-state index contributed by atoms with van der Waals surface area (Å²) in [6.45, 7) is -0.225. The molecule has 0 spiro atoms. The van der Waals surface area contributed by atoms with Gasteiger partial charge in [-0.15, -0.1) is 11.3 Å². The van der Waals surface area contributed by atoms with E-state index in [0.29, 0.717) is 6.42 Å². The van der Waals surface area contributed by atoms with Crippen molar-refractivity contribution in [2.24, 2.45) is 5.73 Å². The smallest absolute Gasteiger partial charge is 0.261 e. The maximum absolute atomic E-state index is 11.7. The van der Waals surface area contributed by atoms with E-state index in [4.69, 9.17) is 10.5 Å². The van der Waals surface area contributed by atoms with Crippen LogP contribution in [0.2, 0.25) is 0 Å². The van der Waals surface area contributed by atoms with Crippen molar-refractivity contribution in [3.63, 3.8) is 0 Å². The summed E-state index contributed by atoms with van der Waals surface area (Å²) in [6, 6.07) is -0.0527. The Hall–Kier alpha value is -0.590. The second kappa shape index (κ2) is 6.81. The molecule has 0 aliphatic rings. The van der Waals surface area contributed by atoms with Gasteiger partial charge in [0.2, 0.25) is 0 Å². The molecule has 0 radical (unpaired) electrons. The lowest BCUT2D eigenvalue weighted by molar-refractivity contribution is 0.0153. The number of aromatic nitrogens is 1. The molecule has 0 aliphatic carbocycles. The van der Waals surface area contributed by atoms with E-state index >= 15 is 0 Å². The first-order valence-electron chi connectivity index (χ1n) is 4.67. The molecule has 1 heterocycles. The molecule has 2 N–H and O–H groups in total. The van der Waals surface area contributed by atoms with Crippen LogP contribution in [0, 0.1) is 0 Å². The zero-order chi connectivity index (χ0) is 11.1. The first kappa shape index (κ1) is 12.5. The highest BCUT2D eigenvalue weighted by Crippen LogP contribution is 2.09. The number of thiazole rings is 1. The molecule has 15 heavy (non-hydrogen) atoms. The molecule has 0 fully saturated rings. The molecule has 1 aromatic heterocycles. The monoisotopic (exact) mass is 236 g/mol. The van der Waals surface area contributed by atoms with Crippen molar-refractivity contribution in [1.82, 2.24) is 4.98 Å². The third-order valence-electron chi connectivity index (χ3n) is 1.82. The molecule has 3 nitrogen and oxygen atoms in total. The van der Waals surface area contributed by atoms with Gasteiger partial charge in [0.25, 0.3) is 6.43 Å². The van der Waals surface area contributed by atoms with Crippen molar-refractivity contribution >= 4 is 11.3 Å². The van der Waals surface area contributed by atoms with Crippen molar-refractivity contribution in [3.8, 4) is 0 Å². The first-order valence-corrected chi connectivity index (χ1v) is 5.55. The number of nitrogens with two attached hydrogens (primary N) is 1. The van der Waals surface area contributed by atoms with Gasteiger partial charge in [-0.25, -0.2) is 8.78 Å². The lowest BCUT2D eigenvalue weighted by atomic mass is 10.1. The van der Waals surface area contributed by atoms with Gasteiger partial charge in [-0.3, -0.25) is 4.98 Å². The third kappa shape index (κ3) is 5.76. The zero-order valence-corrected chi connectivity index (χ0v) is 9.05. The molecule has 6 heteroatoms. The Bertz CT molecular complexity index is 257. The van der Waals surface area contributed by atoms with E-state index in [1.54, 1.807) is 23.0 Å². The minimum Gasteiger partial charge on any atom is -0.375 e. The standard InChI is InChI=1S/C9H14F2N2OS/c10-9(11)5-14-2-1-7(12)3-8-4-13-6-15-8/h4,6-7,9H,1-3,5,12H2. The van der Waals surface area contributed by atoms with E-state index in [9.17, 15) is 8.78 Å². The van der Waals surface area contributed by atoms with Crippen molar-refractivity contribution in [3.05, 3.63) is 16.6 Å². The van der Waals surface area contributed by atoms with Crippen molar-refractivity contribution in [2.75, 3.05) is 13.2 Å². The van der Waals surface area contributed by atoms with Crippen LogP contribution >= 0.6 is 11.3 Å². The van der Waals surface area contributed by atoms with Crippen molar-refractivity contribution in [2.45, 2.75) is 25.3 Å². The molecule has 1 aromatic rings. The van der Waals surface area contributed by atoms with E-state index in [1.165, 1.54) is 0 Å². The normalized spacial score (nSPS) is 13.3. The van der Waals surface area contributed by atoms with Gasteiger partial charge in [0.1, 0.15) is 6.61 Å². The van der Waals surface area contributed by atoms with Crippen LogP contribution in [0.25, 0.3) is 0 Å². The van der Waals surface area contributed by atoms with Crippen LogP contribution in [0.1, 0.15) is 11.3 Å². The van der Waals surface area contributed by atoms with Crippen LogP contribution < -0.4 is 5.73 Å². The molecule has 0 aliphatic heterocycles. The Morgan fingerprint density at radius 1 is 1.53 bits per heavy atom. The Kier molecular flexibility index (Phi) is 5.67. The summed E-state index contributed by atoms with van der Waals surface area (Å²) < 4.78 is 28.1. The maximum atomic E-state index is 11.7. The molecule has 0 aromatic carbocycles. The molecule has 0 bridgehead atoms. The SMILES string of the molecule is NC(CCOCC(F)F)Cc1cncs1. The number of hydrogen-bond donors (Lipinski definition) is 1. The fourth-order valence-electron chi connectivity index (χ4n) is 1.11. The van der Waals surface area contributed by atoms with Crippen LogP contribution in [0.5, 0.6) is 0 Å². The van der Waals surface area contributed by atoms with Crippen LogP contribution in [-0.2, 0) is 11.2 Å². The summed E-state index contributed by atoms with van der Waals surface area (Å²) >= 11 is 1.54. The fourth-order valence-corrected chi connectivity index (χ4v) is 1.80. The lowest BCUT2D eigenvalue weighted by Crippen LogP contribution is -2.24. The van der Waals surface area contributed by atoms with Crippen LogP contribution in [0.3, 0.4) is 0 Å². The summed E-state index contributed by atoms with van der Waals surface area (Å²) in [5.41, 5.74) is 7.54. The van der Waals surface area contributed by atoms with E-state index in [-0.39, 0.29) is 12.6 Å². The Balaban J connectivity index is 2.06. The van der Waals surface area contributed by atoms with Gasteiger partial charge in [0, 0.05) is 23.7 Å². The minimum absolute atomic E-state index is 0.0527. The largest absolute Gasteiger partial charge is 0.375 e. The Morgan fingerprint density at radius 2 is 2.33 bits per heavy atom. The van der Waals surface area contributed by atoms with Gasteiger partial charge in [0.05, 0.1) is 5.51 Å².